The van der Waals surface area contributed by atoms with Gasteiger partial charge < -0.3 is 4.90 Å². The molecule has 0 aliphatic heterocycles. The summed E-state index contributed by atoms with van der Waals surface area (Å²) >= 11 is 0. The van der Waals surface area contributed by atoms with Gasteiger partial charge in [0.2, 0.25) is 0 Å². The van der Waals surface area contributed by atoms with Gasteiger partial charge in [-0.05, 0) is 155 Å². The molecule has 0 radical (unpaired) electrons. The van der Waals surface area contributed by atoms with Crippen LogP contribution in [-0.4, -0.2) is 0 Å². The second kappa shape index (κ2) is 12.4. The Morgan fingerprint density at radius 1 is 0.396 bits per heavy atom. The van der Waals surface area contributed by atoms with E-state index in [9.17, 15) is 0 Å². The van der Waals surface area contributed by atoms with E-state index >= 15 is 0 Å². The number of fused-ring (bicyclic) bond motifs is 7. The first-order chi connectivity index (χ1) is 26.0. The predicted molar refractivity (Wildman–Crippen MR) is 228 cm³/mol. The zero-order valence-corrected chi connectivity index (χ0v) is 30.3. The van der Waals surface area contributed by atoms with Gasteiger partial charge >= 0.3 is 0 Å². The summed E-state index contributed by atoms with van der Waals surface area (Å²) in [6.45, 7) is 6.75. The Morgan fingerprint density at radius 2 is 0.906 bits per heavy atom. The van der Waals surface area contributed by atoms with Gasteiger partial charge in [0.25, 0.3) is 0 Å². The van der Waals surface area contributed by atoms with E-state index in [-0.39, 0.29) is 0 Å². The van der Waals surface area contributed by atoms with Crippen LogP contribution in [0.4, 0.5) is 17.1 Å². The van der Waals surface area contributed by atoms with Crippen LogP contribution in [0, 0.1) is 6.92 Å². The molecule has 0 spiro atoms. The number of para-hydroxylation sites is 1. The Labute approximate surface area is 311 Å². The van der Waals surface area contributed by atoms with Gasteiger partial charge in [0.15, 0.2) is 0 Å². The molecule has 1 heteroatoms. The Kier molecular flexibility index (Phi) is 7.30. The predicted octanol–water partition coefficient (Wildman–Crippen LogP) is 15.0. The van der Waals surface area contributed by atoms with Gasteiger partial charge in [-0.25, -0.2) is 0 Å². The van der Waals surface area contributed by atoms with Crippen molar-refractivity contribution in [3.63, 3.8) is 0 Å². The first kappa shape index (κ1) is 31.3. The molecule has 10 rings (SSSR count). The normalized spacial score (nSPS) is 11.8. The van der Waals surface area contributed by atoms with Crippen molar-refractivity contribution >= 4 is 49.4 Å². The molecule has 1 aliphatic carbocycles. The van der Waals surface area contributed by atoms with Gasteiger partial charge in [0, 0.05) is 17.1 Å². The number of aryl methyl sites for hydroxylation is 1. The van der Waals surface area contributed by atoms with Crippen LogP contribution in [0.15, 0.2) is 176 Å². The Balaban J connectivity index is 1.18. The summed E-state index contributed by atoms with van der Waals surface area (Å²) in [6.07, 6.45) is 0. The summed E-state index contributed by atoms with van der Waals surface area (Å²) < 4.78 is 0. The second-order valence-corrected chi connectivity index (χ2v) is 14.8. The Bertz CT molecular complexity index is 2850. The fourth-order valence-corrected chi connectivity index (χ4v) is 8.54. The maximum Gasteiger partial charge on any atom is 0.0493 e. The van der Waals surface area contributed by atoms with Crippen LogP contribution >= 0.6 is 0 Å². The van der Waals surface area contributed by atoms with Crippen molar-refractivity contribution < 1.29 is 0 Å². The third kappa shape index (κ3) is 5.07. The summed E-state index contributed by atoms with van der Waals surface area (Å²) in [5.41, 5.74) is 16.5. The molecule has 1 aliphatic rings. The van der Waals surface area contributed by atoms with E-state index in [1.807, 2.05) is 0 Å². The highest BCUT2D eigenvalue weighted by molar-refractivity contribution is 6.24. The summed E-state index contributed by atoms with van der Waals surface area (Å²) in [5.74, 6) is 0.447. The number of hydrogen-bond donors (Lipinski definition) is 0. The van der Waals surface area contributed by atoms with E-state index in [0.29, 0.717) is 5.92 Å². The summed E-state index contributed by atoms with van der Waals surface area (Å²) in [5, 5.41) is 7.66. The lowest BCUT2D eigenvalue weighted by Crippen LogP contribution is -2.12. The molecule has 9 aromatic carbocycles. The van der Waals surface area contributed by atoms with Gasteiger partial charge in [0.05, 0.1) is 0 Å². The van der Waals surface area contributed by atoms with Crippen molar-refractivity contribution in [1.29, 1.82) is 0 Å². The van der Waals surface area contributed by atoms with E-state index in [2.05, 4.69) is 202 Å². The zero-order valence-electron chi connectivity index (χ0n) is 30.3. The van der Waals surface area contributed by atoms with Crippen molar-refractivity contribution in [3.8, 4) is 44.5 Å². The Morgan fingerprint density at radius 3 is 1.47 bits per heavy atom. The second-order valence-electron chi connectivity index (χ2n) is 14.8. The Hall–Kier alpha value is -6.44. The molecular formula is C52H39N. The van der Waals surface area contributed by atoms with Crippen LogP contribution in [0.5, 0.6) is 0 Å². The van der Waals surface area contributed by atoms with Crippen molar-refractivity contribution in [2.24, 2.45) is 0 Å². The van der Waals surface area contributed by atoms with Crippen LogP contribution in [0.2, 0.25) is 0 Å². The first-order valence-electron chi connectivity index (χ1n) is 18.7. The van der Waals surface area contributed by atoms with Crippen LogP contribution in [0.3, 0.4) is 0 Å². The largest absolute Gasteiger partial charge is 0.310 e. The maximum atomic E-state index is 2.47. The molecule has 9 aromatic rings. The van der Waals surface area contributed by atoms with Crippen molar-refractivity contribution in [2.45, 2.75) is 26.7 Å². The minimum absolute atomic E-state index is 0.447. The van der Waals surface area contributed by atoms with E-state index in [4.69, 9.17) is 0 Å². The average molecular weight is 678 g/mol. The van der Waals surface area contributed by atoms with Gasteiger partial charge in [-0.3, -0.25) is 0 Å². The molecular weight excluding hydrogens is 639 g/mol. The quantitative estimate of drug-likeness (QED) is 0.158. The number of anilines is 3. The average Bonchev–Trinajstić information content (AvgIpc) is 3.20. The van der Waals surface area contributed by atoms with Crippen LogP contribution in [0.25, 0.3) is 76.8 Å². The molecule has 0 N–H and O–H groups in total. The minimum atomic E-state index is 0.447. The van der Waals surface area contributed by atoms with Crippen LogP contribution < -0.4 is 4.90 Å². The molecule has 0 atom stereocenters. The SMILES string of the molecule is Cc1ccc(C(C)C)cc1N(c1ccccc1)c1ccc2cc3c(cc2c1)-c1cc2c(-c4ccccc4)c4ccccc4c(-c4ccccc4)c2cc1-3. The third-order valence-corrected chi connectivity index (χ3v) is 11.2. The highest BCUT2D eigenvalue weighted by Crippen LogP contribution is 2.54. The monoisotopic (exact) mass is 677 g/mol. The lowest BCUT2D eigenvalue weighted by Gasteiger charge is -2.29. The van der Waals surface area contributed by atoms with Crippen molar-refractivity contribution in [3.05, 3.63) is 187 Å². The number of benzene rings is 9. The molecule has 0 bridgehead atoms. The topological polar surface area (TPSA) is 3.24 Å². The molecule has 0 unspecified atom stereocenters. The van der Waals surface area contributed by atoms with Crippen molar-refractivity contribution in [1.82, 2.24) is 0 Å². The number of hydrogen-bond acceptors (Lipinski definition) is 1. The molecule has 0 saturated carbocycles. The smallest absolute Gasteiger partial charge is 0.0493 e. The maximum absolute atomic E-state index is 2.47. The van der Waals surface area contributed by atoms with E-state index in [0.717, 1.165) is 11.4 Å². The molecule has 252 valence electrons. The minimum Gasteiger partial charge on any atom is -0.310 e. The van der Waals surface area contributed by atoms with Gasteiger partial charge in [-0.1, -0.05) is 135 Å². The molecule has 1 nitrogen and oxygen atoms in total. The fourth-order valence-electron chi connectivity index (χ4n) is 8.54. The van der Waals surface area contributed by atoms with E-state index < -0.39 is 0 Å². The van der Waals surface area contributed by atoms with Crippen LogP contribution in [-0.2, 0) is 0 Å². The highest BCUT2D eigenvalue weighted by atomic mass is 15.1. The highest BCUT2D eigenvalue weighted by Gasteiger charge is 2.27. The van der Waals surface area contributed by atoms with Crippen LogP contribution in [0.1, 0.15) is 30.9 Å². The molecule has 0 fully saturated rings. The lowest BCUT2D eigenvalue weighted by atomic mass is 9.75. The van der Waals surface area contributed by atoms with Gasteiger partial charge in [-0.15, -0.1) is 0 Å². The summed E-state index contributed by atoms with van der Waals surface area (Å²) in [4.78, 5) is 2.42. The lowest BCUT2D eigenvalue weighted by molar-refractivity contribution is 0.865. The fraction of sp³-hybridized carbons (Fsp3) is 0.0769. The third-order valence-electron chi connectivity index (χ3n) is 11.2. The standard InChI is InChI=1S/C52H39N/c1-33(2)37-24-23-34(3)50(30-37)53(40-19-11-6-12-20-40)41-26-25-38-28-44-45(29-39(38)27-41)47-32-49-48(31-46(44)47)51(35-15-7-4-8-16-35)42-21-13-14-22-43(42)52(49)36-17-9-5-10-18-36/h4-33H,1-3H3. The van der Waals surface area contributed by atoms with Gasteiger partial charge in [0.1, 0.15) is 0 Å². The van der Waals surface area contributed by atoms with E-state index in [1.54, 1.807) is 0 Å². The van der Waals surface area contributed by atoms with E-state index in [1.165, 1.54) is 93.6 Å². The summed E-state index contributed by atoms with van der Waals surface area (Å²) in [6, 6.07) is 65.2. The molecule has 0 heterocycles. The summed E-state index contributed by atoms with van der Waals surface area (Å²) in [7, 11) is 0. The first-order valence-corrected chi connectivity index (χ1v) is 18.7. The molecule has 0 amide bonds. The molecule has 53 heavy (non-hydrogen) atoms. The van der Waals surface area contributed by atoms with Gasteiger partial charge in [-0.2, -0.15) is 0 Å². The molecule has 0 saturated heterocycles. The number of rotatable bonds is 6. The zero-order chi connectivity index (χ0) is 35.6. The van der Waals surface area contributed by atoms with Crippen molar-refractivity contribution in [2.75, 3.05) is 4.90 Å². The molecule has 0 aromatic heterocycles. The number of nitrogens with zero attached hydrogens (tertiary/aromatic N) is 1.